The summed E-state index contributed by atoms with van der Waals surface area (Å²) in [4.78, 5) is 49.1. The summed E-state index contributed by atoms with van der Waals surface area (Å²) in [6.07, 6.45) is 0.130. The van der Waals surface area contributed by atoms with Gasteiger partial charge in [0.05, 0.1) is 0 Å². The zero-order valence-electron chi connectivity index (χ0n) is 27.5. The summed E-state index contributed by atoms with van der Waals surface area (Å²) in [7, 11) is 0. The minimum Gasteiger partial charge on any atom is -0.423 e. The first-order valence-corrected chi connectivity index (χ1v) is 15.0. The van der Waals surface area contributed by atoms with E-state index < -0.39 is 17.9 Å². The van der Waals surface area contributed by atoms with Crippen LogP contribution in [-0.4, -0.2) is 23.7 Å². The molecule has 0 amide bonds. The number of esters is 3. The molecule has 0 bridgehead atoms. The highest BCUT2D eigenvalue weighted by molar-refractivity contribution is 5.96. The summed E-state index contributed by atoms with van der Waals surface area (Å²) in [6, 6.07) is 26.0. The molecule has 0 radical (unpaired) electrons. The topological polar surface area (TPSA) is 96.0 Å². The Bertz CT molecular complexity index is 1930. The summed E-state index contributed by atoms with van der Waals surface area (Å²) in [5, 5.41) is 0. The van der Waals surface area contributed by atoms with Gasteiger partial charge in [0.2, 0.25) is 0 Å². The molecule has 0 atom stereocenters. The fraction of sp³-hybridized carbons (Fsp3) is 0.122. The van der Waals surface area contributed by atoms with Crippen LogP contribution in [0, 0.1) is 0 Å². The van der Waals surface area contributed by atoms with Crippen molar-refractivity contribution in [2.24, 2.45) is 0 Å². The molecule has 0 unspecified atom stereocenters. The first-order chi connectivity index (χ1) is 22.7. The second kappa shape index (κ2) is 15.0. The van der Waals surface area contributed by atoms with E-state index in [1.165, 1.54) is 13.8 Å². The molecule has 4 rings (SSSR count). The molecular formula is C41H36O7. The van der Waals surface area contributed by atoms with Crippen molar-refractivity contribution in [3.8, 4) is 50.6 Å². The molecule has 0 aromatic heterocycles. The Hall–Kier alpha value is -6.08. The van der Waals surface area contributed by atoms with Crippen LogP contribution in [-0.2, 0) is 25.6 Å². The van der Waals surface area contributed by atoms with Gasteiger partial charge in [0.1, 0.15) is 5.75 Å². The molecular weight excluding hydrogens is 604 g/mol. The van der Waals surface area contributed by atoms with Crippen molar-refractivity contribution in [1.82, 2.24) is 0 Å². The fourth-order valence-corrected chi connectivity index (χ4v) is 4.45. The molecule has 0 aliphatic rings. The quantitative estimate of drug-likeness (QED) is 0.0867. The highest BCUT2D eigenvalue weighted by Crippen LogP contribution is 2.35. The minimum atomic E-state index is -0.644. The maximum absolute atomic E-state index is 12.4. The number of ether oxygens (including phenoxy) is 3. The Morgan fingerprint density at radius 1 is 0.458 bits per heavy atom. The monoisotopic (exact) mass is 640 g/mol. The van der Waals surface area contributed by atoms with Crippen LogP contribution >= 0.6 is 0 Å². The second-order valence-corrected chi connectivity index (χ2v) is 11.6. The summed E-state index contributed by atoms with van der Waals surface area (Å²) in [6.45, 7) is 20.9. The van der Waals surface area contributed by atoms with E-state index in [1.54, 1.807) is 44.2 Å². The van der Waals surface area contributed by atoms with Gasteiger partial charge in [-0.15, -0.1) is 0 Å². The molecule has 4 aromatic rings. The third-order valence-electron chi connectivity index (χ3n) is 7.18. The van der Waals surface area contributed by atoms with E-state index in [4.69, 9.17) is 14.2 Å². The van der Waals surface area contributed by atoms with Gasteiger partial charge in [-0.3, -0.25) is 4.79 Å². The molecule has 7 nitrogen and oxygen atoms in total. The van der Waals surface area contributed by atoms with Gasteiger partial charge in [0, 0.05) is 23.1 Å². The van der Waals surface area contributed by atoms with Crippen LogP contribution in [0.2, 0.25) is 0 Å². The van der Waals surface area contributed by atoms with Crippen molar-refractivity contribution in [3.63, 3.8) is 0 Å². The van der Waals surface area contributed by atoms with E-state index in [0.29, 0.717) is 16.9 Å². The Morgan fingerprint density at radius 2 is 0.875 bits per heavy atom. The van der Waals surface area contributed by atoms with Crippen LogP contribution in [0.5, 0.6) is 17.2 Å². The van der Waals surface area contributed by atoms with E-state index in [2.05, 4.69) is 26.3 Å². The lowest BCUT2D eigenvalue weighted by Gasteiger charge is -2.13. The first-order valence-electron chi connectivity index (χ1n) is 15.0. The Kier molecular flexibility index (Phi) is 10.9. The molecule has 4 aromatic carbocycles. The Labute approximate surface area is 280 Å². The lowest BCUT2D eigenvalue weighted by molar-refractivity contribution is -0.132. The number of benzene rings is 4. The molecule has 0 fully saturated rings. The number of Topliss-reactive ketones (excluding diaryl/α,β-unsaturated/α-hetero) is 1. The van der Waals surface area contributed by atoms with Crippen LogP contribution in [0.15, 0.2) is 134 Å². The number of carbonyl (C=O) groups is 4. The van der Waals surface area contributed by atoms with Crippen molar-refractivity contribution in [3.05, 3.63) is 139 Å². The molecule has 0 N–H and O–H groups in total. The predicted octanol–water partition coefficient (Wildman–Crippen LogP) is 8.82. The molecule has 0 spiro atoms. The maximum Gasteiger partial charge on any atom is 0.338 e. The van der Waals surface area contributed by atoms with Crippen LogP contribution in [0.3, 0.4) is 0 Å². The van der Waals surface area contributed by atoms with Gasteiger partial charge in [0.15, 0.2) is 17.3 Å². The zero-order valence-corrected chi connectivity index (χ0v) is 27.5. The number of allylic oxidation sites excluding steroid dienone is 1. The van der Waals surface area contributed by atoms with E-state index >= 15 is 0 Å². The average molecular weight is 641 g/mol. The van der Waals surface area contributed by atoms with Crippen molar-refractivity contribution in [2.75, 3.05) is 0 Å². The van der Waals surface area contributed by atoms with Crippen molar-refractivity contribution in [2.45, 2.75) is 34.1 Å². The molecule has 0 saturated carbocycles. The van der Waals surface area contributed by atoms with Crippen LogP contribution < -0.4 is 14.2 Å². The van der Waals surface area contributed by atoms with Crippen molar-refractivity contribution in [1.29, 1.82) is 0 Å². The summed E-state index contributed by atoms with van der Waals surface area (Å²) in [5.74, 6) is -1.43. The summed E-state index contributed by atoms with van der Waals surface area (Å²) >= 11 is 0. The van der Waals surface area contributed by atoms with Crippen LogP contribution in [0.4, 0.5) is 0 Å². The number of hydrogen-bond acceptors (Lipinski definition) is 7. The van der Waals surface area contributed by atoms with Gasteiger partial charge in [-0.2, -0.15) is 0 Å². The smallest absolute Gasteiger partial charge is 0.338 e. The van der Waals surface area contributed by atoms with Gasteiger partial charge in [-0.05, 0) is 96.5 Å². The van der Waals surface area contributed by atoms with Crippen molar-refractivity contribution >= 4 is 23.7 Å². The largest absolute Gasteiger partial charge is 0.423 e. The van der Waals surface area contributed by atoms with Gasteiger partial charge >= 0.3 is 17.9 Å². The molecule has 48 heavy (non-hydrogen) atoms. The number of hydrogen-bond donors (Lipinski definition) is 0. The third-order valence-corrected chi connectivity index (χ3v) is 7.18. The molecule has 0 heterocycles. The summed E-state index contributed by atoms with van der Waals surface area (Å²) < 4.78 is 16.3. The lowest BCUT2D eigenvalue weighted by atomic mass is 9.96. The standard InChI is InChI=1S/C41H36O7/c1-24(2)36(42)21-28-19-34(22-35(20-28)46-39(43)25(3)4)32-15-11-30(12-16-32)29-9-13-31(14-10-29)33-17-18-37(47-40(44)26(5)6)38(23-33)48-41(45)27(7)8/h9-20,22-23H,1,3,5,7,21H2,2,4,6,8H3. The molecule has 0 saturated heterocycles. The molecule has 0 aliphatic heterocycles. The van der Waals surface area contributed by atoms with Gasteiger partial charge in [0.25, 0.3) is 0 Å². The second-order valence-electron chi connectivity index (χ2n) is 11.6. The number of ketones is 1. The van der Waals surface area contributed by atoms with E-state index in [1.807, 2.05) is 54.6 Å². The van der Waals surface area contributed by atoms with Crippen LogP contribution in [0.25, 0.3) is 33.4 Å². The van der Waals surface area contributed by atoms with E-state index in [0.717, 1.165) is 33.4 Å². The van der Waals surface area contributed by atoms with Crippen LogP contribution in [0.1, 0.15) is 33.3 Å². The Balaban J connectivity index is 1.61. The number of rotatable bonds is 12. The highest BCUT2D eigenvalue weighted by atomic mass is 16.6. The molecule has 7 heteroatoms. The maximum atomic E-state index is 12.4. The molecule has 0 aliphatic carbocycles. The van der Waals surface area contributed by atoms with E-state index in [9.17, 15) is 19.2 Å². The Morgan fingerprint density at radius 3 is 1.35 bits per heavy atom. The SMILES string of the molecule is C=C(C)C(=O)Cc1cc(OC(=O)C(=C)C)cc(-c2ccc(-c3ccc(-c4ccc(OC(=O)C(=C)C)c(OC(=O)C(=C)C)c4)cc3)cc2)c1. The third kappa shape index (κ3) is 8.79. The lowest BCUT2D eigenvalue weighted by Crippen LogP contribution is -2.12. The van der Waals surface area contributed by atoms with E-state index in [-0.39, 0.29) is 40.4 Å². The van der Waals surface area contributed by atoms with Gasteiger partial charge in [-0.25, -0.2) is 14.4 Å². The fourth-order valence-electron chi connectivity index (χ4n) is 4.45. The summed E-state index contributed by atoms with van der Waals surface area (Å²) in [5.41, 5.74) is 6.99. The highest BCUT2D eigenvalue weighted by Gasteiger charge is 2.17. The molecule has 242 valence electrons. The predicted molar refractivity (Wildman–Crippen MR) is 188 cm³/mol. The first kappa shape index (κ1) is 34.8. The average Bonchev–Trinajstić information content (AvgIpc) is 3.05. The minimum absolute atomic E-state index is 0.0837. The van der Waals surface area contributed by atoms with Gasteiger partial charge < -0.3 is 14.2 Å². The van der Waals surface area contributed by atoms with Crippen molar-refractivity contribution < 1.29 is 33.4 Å². The zero-order chi connectivity index (χ0) is 35.1. The normalized spacial score (nSPS) is 10.4. The number of carbonyl (C=O) groups excluding carboxylic acids is 4. The van der Waals surface area contributed by atoms with Gasteiger partial charge in [-0.1, -0.05) is 87.0 Å².